The van der Waals surface area contributed by atoms with Gasteiger partial charge in [0, 0.05) is 5.69 Å². The lowest BCUT2D eigenvalue weighted by atomic mass is 9.78. The third-order valence-electron chi connectivity index (χ3n) is 3.10. The van der Waals surface area contributed by atoms with Crippen LogP contribution in [-0.2, 0) is 0 Å². The first kappa shape index (κ1) is 10.9. The zero-order valence-electron chi connectivity index (χ0n) is 9.49. The lowest BCUT2D eigenvalue weighted by Crippen LogP contribution is -2.16. The maximum Gasteiger partial charge on any atom is 0.341 e. The molecule has 4 nitrogen and oxygen atoms in total. The van der Waals surface area contributed by atoms with Crippen LogP contribution in [-0.4, -0.2) is 23.2 Å². The van der Waals surface area contributed by atoms with E-state index in [1.807, 2.05) is 13.0 Å². The molecule has 1 heterocycles. The number of aromatic nitrogens is 1. The van der Waals surface area contributed by atoms with E-state index in [2.05, 4.69) is 4.98 Å². The second-order valence-electron chi connectivity index (χ2n) is 4.17. The quantitative estimate of drug-likeness (QED) is 0.851. The Morgan fingerprint density at radius 2 is 2.25 bits per heavy atom. The molecule has 1 aromatic rings. The minimum atomic E-state index is -0.953. The minimum Gasteiger partial charge on any atom is -0.480 e. The number of carboxylic acid groups (broad SMARTS) is 1. The molecule has 1 saturated carbocycles. The molecule has 0 bridgehead atoms. The molecule has 0 amide bonds. The van der Waals surface area contributed by atoms with Crippen LogP contribution in [0.2, 0.25) is 0 Å². The van der Waals surface area contributed by atoms with E-state index < -0.39 is 5.97 Å². The van der Waals surface area contributed by atoms with Crippen LogP contribution in [0.5, 0.6) is 5.88 Å². The highest BCUT2D eigenvalue weighted by molar-refractivity contribution is 5.92. The van der Waals surface area contributed by atoms with Crippen molar-refractivity contribution in [2.75, 3.05) is 7.11 Å². The largest absolute Gasteiger partial charge is 0.480 e. The summed E-state index contributed by atoms with van der Waals surface area (Å²) in [6, 6.07) is 1.87. The van der Waals surface area contributed by atoms with Gasteiger partial charge in [-0.1, -0.05) is 6.42 Å². The molecule has 1 aromatic heterocycles. The van der Waals surface area contributed by atoms with E-state index in [9.17, 15) is 9.90 Å². The number of rotatable bonds is 3. The molecular formula is C12H15NO3. The molecule has 4 heteroatoms. The summed E-state index contributed by atoms with van der Waals surface area (Å²) in [4.78, 5) is 15.3. The Labute approximate surface area is 94.3 Å². The monoisotopic (exact) mass is 221 g/mol. The maximum atomic E-state index is 11.2. The first-order valence-corrected chi connectivity index (χ1v) is 5.42. The number of hydrogen-bond donors (Lipinski definition) is 1. The van der Waals surface area contributed by atoms with Crippen LogP contribution in [0.3, 0.4) is 0 Å². The fraction of sp³-hybridized carbons (Fsp3) is 0.500. The zero-order valence-corrected chi connectivity index (χ0v) is 9.49. The summed E-state index contributed by atoms with van der Waals surface area (Å²) in [6.45, 7) is 1.86. The minimum absolute atomic E-state index is 0.231. The molecule has 1 fully saturated rings. The highest BCUT2D eigenvalue weighted by Gasteiger charge is 2.28. The Bertz CT molecular complexity index is 425. The summed E-state index contributed by atoms with van der Waals surface area (Å²) in [5.74, 6) is -0.359. The molecule has 0 aromatic carbocycles. The summed E-state index contributed by atoms with van der Waals surface area (Å²) in [5.41, 5.74) is 1.92. The highest BCUT2D eigenvalue weighted by Crippen LogP contribution is 2.40. The molecule has 2 rings (SSSR count). The second kappa shape index (κ2) is 4.12. The van der Waals surface area contributed by atoms with E-state index in [0.717, 1.165) is 24.1 Å². The van der Waals surface area contributed by atoms with Gasteiger partial charge in [-0.2, -0.15) is 0 Å². The Kier molecular flexibility index (Phi) is 2.81. The van der Waals surface area contributed by atoms with Crippen LogP contribution in [0.25, 0.3) is 0 Å². The smallest absolute Gasteiger partial charge is 0.341 e. The second-order valence-corrected chi connectivity index (χ2v) is 4.17. The summed E-state index contributed by atoms with van der Waals surface area (Å²) in [7, 11) is 1.46. The molecule has 86 valence electrons. The van der Waals surface area contributed by atoms with E-state index in [1.165, 1.54) is 13.5 Å². The number of methoxy groups -OCH3 is 1. The summed E-state index contributed by atoms with van der Waals surface area (Å²) in [6.07, 6.45) is 3.30. The van der Waals surface area contributed by atoms with Crippen LogP contribution in [0.15, 0.2) is 6.07 Å². The maximum absolute atomic E-state index is 11.2. The van der Waals surface area contributed by atoms with Crippen molar-refractivity contribution in [3.63, 3.8) is 0 Å². The number of carboxylic acids is 1. The molecular weight excluding hydrogens is 206 g/mol. The Morgan fingerprint density at radius 3 is 2.69 bits per heavy atom. The first-order chi connectivity index (χ1) is 7.63. The molecule has 0 radical (unpaired) electrons. The topological polar surface area (TPSA) is 59.4 Å². The van der Waals surface area contributed by atoms with Gasteiger partial charge in [0.05, 0.1) is 7.11 Å². The number of aromatic carboxylic acids is 1. The van der Waals surface area contributed by atoms with Crippen molar-refractivity contribution in [1.29, 1.82) is 0 Å². The molecule has 0 saturated heterocycles. The van der Waals surface area contributed by atoms with E-state index in [-0.39, 0.29) is 11.4 Å². The number of nitrogens with zero attached hydrogens (tertiary/aromatic N) is 1. The summed E-state index contributed by atoms with van der Waals surface area (Å²) in [5, 5.41) is 9.22. The molecule has 1 aliphatic rings. The van der Waals surface area contributed by atoms with Crippen molar-refractivity contribution >= 4 is 5.97 Å². The molecule has 1 N–H and O–H groups in total. The van der Waals surface area contributed by atoms with Gasteiger partial charge in [0.25, 0.3) is 0 Å². The van der Waals surface area contributed by atoms with Gasteiger partial charge in [0.1, 0.15) is 5.56 Å². The van der Waals surface area contributed by atoms with Crippen molar-refractivity contribution in [2.24, 2.45) is 0 Å². The lowest BCUT2D eigenvalue weighted by Gasteiger charge is -2.27. The van der Waals surface area contributed by atoms with E-state index in [1.54, 1.807) is 0 Å². The molecule has 0 unspecified atom stereocenters. The average molecular weight is 221 g/mol. The Balaban J connectivity index is 2.54. The molecule has 0 aliphatic heterocycles. The molecule has 0 spiro atoms. The predicted octanol–water partition coefficient (Wildman–Crippen LogP) is 2.36. The Morgan fingerprint density at radius 1 is 1.56 bits per heavy atom. The van der Waals surface area contributed by atoms with Crippen molar-refractivity contribution in [2.45, 2.75) is 32.1 Å². The molecule has 1 aliphatic carbocycles. The van der Waals surface area contributed by atoms with Gasteiger partial charge in [0.2, 0.25) is 5.88 Å². The van der Waals surface area contributed by atoms with Crippen LogP contribution in [0.1, 0.15) is 46.8 Å². The normalized spacial score (nSPS) is 15.6. The van der Waals surface area contributed by atoms with Crippen molar-refractivity contribution < 1.29 is 14.6 Å². The van der Waals surface area contributed by atoms with Crippen molar-refractivity contribution in [3.05, 3.63) is 22.9 Å². The van der Waals surface area contributed by atoms with Crippen LogP contribution < -0.4 is 4.74 Å². The van der Waals surface area contributed by atoms with Crippen molar-refractivity contribution in [3.8, 4) is 5.88 Å². The third-order valence-corrected chi connectivity index (χ3v) is 3.10. The van der Waals surface area contributed by atoms with Gasteiger partial charge >= 0.3 is 5.97 Å². The van der Waals surface area contributed by atoms with Crippen LogP contribution in [0, 0.1) is 6.92 Å². The predicted molar refractivity (Wildman–Crippen MR) is 59.1 cm³/mol. The summed E-state index contributed by atoms with van der Waals surface area (Å²) >= 11 is 0. The zero-order chi connectivity index (χ0) is 11.7. The van der Waals surface area contributed by atoms with Gasteiger partial charge in [-0.3, -0.25) is 0 Å². The number of pyridine rings is 1. The first-order valence-electron chi connectivity index (χ1n) is 5.42. The fourth-order valence-corrected chi connectivity index (χ4v) is 2.07. The molecule has 0 atom stereocenters. The van der Waals surface area contributed by atoms with Crippen LogP contribution in [0.4, 0.5) is 0 Å². The van der Waals surface area contributed by atoms with Gasteiger partial charge in [0.15, 0.2) is 0 Å². The fourth-order valence-electron chi connectivity index (χ4n) is 2.07. The highest BCUT2D eigenvalue weighted by atomic mass is 16.5. The third kappa shape index (κ3) is 1.75. The van der Waals surface area contributed by atoms with E-state index in [0.29, 0.717) is 5.92 Å². The van der Waals surface area contributed by atoms with E-state index >= 15 is 0 Å². The standard InChI is InChI=1S/C12H15NO3/c1-7-6-9(8-4-3-5-8)10(12(14)15)11(13-7)16-2/h6,8H,3-5H2,1-2H3,(H,14,15). The number of carbonyl (C=O) groups is 1. The van der Waals surface area contributed by atoms with Crippen LogP contribution >= 0.6 is 0 Å². The lowest BCUT2D eigenvalue weighted by molar-refractivity contribution is 0.0689. The SMILES string of the molecule is COc1nc(C)cc(C2CCC2)c1C(=O)O. The van der Waals surface area contributed by atoms with Gasteiger partial charge < -0.3 is 9.84 Å². The van der Waals surface area contributed by atoms with Gasteiger partial charge in [-0.05, 0) is 37.3 Å². The number of ether oxygens (including phenoxy) is 1. The van der Waals surface area contributed by atoms with Gasteiger partial charge in [-0.15, -0.1) is 0 Å². The van der Waals surface area contributed by atoms with Crippen molar-refractivity contribution in [1.82, 2.24) is 4.98 Å². The number of hydrogen-bond acceptors (Lipinski definition) is 3. The van der Waals surface area contributed by atoms with Gasteiger partial charge in [-0.25, -0.2) is 9.78 Å². The average Bonchev–Trinajstić information content (AvgIpc) is 2.13. The number of aryl methyl sites for hydroxylation is 1. The molecule has 16 heavy (non-hydrogen) atoms. The summed E-state index contributed by atoms with van der Waals surface area (Å²) < 4.78 is 5.05. The Hall–Kier alpha value is -1.58. The van der Waals surface area contributed by atoms with E-state index in [4.69, 9.17) is 4.74 Å².